The second-order valence-corrected chi connectivity index (χ2v) is 11.4. The molecule has 0 aliphatic rings. The van der Waals surface area contributed by atoms with E-state index in [9.17, 15) is 22.4 Å². The lowest BCUT2D eigenvalue weighted by Gasteiger charge is -2.24. The standard InChI is InChI=1S/C31H29ClF4N8O/c1-17(28(35)36)43(38-5)16-26(45)40-24(14-18-12-19(33)15-20(34)13-18)27-22(7-6-21(39-27)10-11-31(2,3)4)23-8-9-25(32)44-29(23)41-42-30(44)37/h6-9,12-13,15,24,28H,1,5,14,16H2,2-4H3,(H2,37,42)(H,40,45)/t24-/m0/s1. The number of hydrazone groups is 1. The van der Waals surface area contributed by atoms with Gasteiger partial charge in [0.2, 0.25) is 11.9 Å². The summed E-state index contributed by atoms with van der Waals surface area (Å²) in [5, 5.41) is 15.2. The fourth-order valence-electron chi connectivity index (χ4n) is 4.39. The zero-order chi connectivity index (χ0) is 33.1. The van der Waals surface area contributed by atoms with Crippen LogP contribution < -0.4 is 11.1 Å². The van der Waals surface area contributed by atoms with Gasteiger partial charge in [-0.05, 0) is 75.1 Å². The number of alkyl halides is 2. The SMILES string of the molecule is C=NN(CC(=O)N[C@@H](Cc1cc(F)cc(F)c1)c1nc(C#CC(C)(C)C)ccc1-c1ccc(Cl)n2c(N)nnc12)C(=C)C(F)F. The number of carbonyl (C=O) groups is 1. The molecule has 1 amide bonds. The molecule has 1 atom stereocenters. The quantitative estimate of drug-likeness (QED) is 0.0745. The summed E-state index contributed by atoms with van der Waals surface area (Å²) in [5.74, 6) is 3.70. The molecule has 0 aliphatic heterocycles. The number of hydrogen-bond donors (Lipinski definition) is 2. The fourth-order valence-corrected chi connectivity index (χ4v) is 4.62. The number of nitrogens with zero attached hydrogens (tertiary/aromatic N) is 6. The largest absolute Gasteiger partial charge is 0.368 e. The molecule has 3 heterocycles. The first-order valence-corrected chi connectivity index (χ1v) is 13.8. The van der Waals surface area contributed by atoms with Crippen LogP contribution in [0, 0.1) is 28.9 Å². The number of nitrogens with two attached hydrogens (primary N) is 1. The summed E-state index contributed by atoms with van der Waals surface area (Å²) in [4.78, 5) is 18.1. The molecule has 0 spiro atoms. The zero-order valence-electron chi connectivity index (χ0n) is 24.6. The summed E-state index contributed by atoms with van der Waals surface area (Å²) < 4.78 is 56.6. The van der Waals surface area contributed by atoms with E-state index in [1.807, 2.05) is 20.8 Å². The van der Waals surface area contributed by atoms with Gasteiger partial charge < -0.3 is 11.1 Å². The average molecular weight is 641 g/mol. The number of rotatable bonds is 10. The van der Waals surface area contributed by atoms with Crippen LogP contribution in [-0.4, -0.2) is 50.2 Å². The third kappa shape index (κ3) is 7.96. The molecule has 3 N–H and O–H groups in total. The van der Waals surface area contributed by atoms with Crippen molar-refractivity contribution in [1.82, 2.24) is 29.9 Å². The Balaban J connectivity index is 1.91. The van der Waals surface area contributed by atoms with Crippen molar-refractivity contribution in [3.63, 3.8) is 0 Å². The minimum atomic E-state index is -3.00. The maximum absolute atomic E-state index is 14.3. The summed E-state index contributed by atoms with van der Waals surface area (Å²) in [7, 11) is 0. The maximum atomic E-state index is 14.3. The molecule has 3 aromatic heterocycles. The van der Waals surface area contributed by atoms with Gasteiger partial charge in [-0.1, -0.05) is 24.1 Å². The Labute approximate surface area is 261 Å². The summed E-state index contributed by atoms with van der Waals surface area (Å²) in [6.07, 6.45) is -3.16. The number of hydrogen-bond acceptors (Lipinski definition) is 7. The highest BCUT2D eigenvalue weighted by Gasteiger charge is 2.26. The van der Waals surface area contributed by atoms with Crippen LogP contribution in [0.1, 0.15) is 43.8 Å². The van der Waals surface area contributed by atoms with Gasteiger partial charge in [-0.25, -0.2) is 22.5 Å². The van der Waals surface area contributed by atoms with Gasteiger partial charge in [-0.2, -0.15) is 5.10 Å². The molecule has 0 saturated carbocycles. The highest BCUT2D eigenvalue weighted by Crippen LogP contribution is 2.34. The van der Waals surface area contributed by atoms with Crippen LogP contribution in [0.2, 0.25) is 5.15 Å². The predicted molar refractivity (Wildman–Crippen MR) is 164 cm³/mol. The Hall–Kier alpha value is -4.96. The number of fused-ring (bicyclic) bond motifs is 1. The minimum Gasteiger partial charge on any atom is -0.368 e. The van der Waals surface area contributed by atoms with E-state index in [4.69, 9.17) is 22.3 Å². The van der Waals surface area contributed by atoms with E-state index in [0.717, 1.165) is 12.1 Å². The third-order valence-electron chi connectivity index (χ3n) is 6.39. The number of nitrogens with one attached hydrogen (secondary N) is 1. The number of amides is 1. The molecule has 9 nitrogen and oxygen atoms in total. The van der Waals surface area contributed by atoms with Crippen LogP contribution in [-0.2, 0) is 11.2 Å². The van der Waals surface area contributed by atoms with Gasteiger partial charge in [0.05, 0.1) is 17.4 Å². The fraction of sp³-hybridized carbons (Fsp3) is 0.258. The number of aromatic nitrogens is 4. The highest BCUT2D eigenvalue weighted by molar-refractivity contribution is 6.30. The molecule has 0 unspecified atom stereocenters. The van der Waals surface area contributed by atoms with E-state index in [2.05, 4.69) is 45.8 Å². The molecule has 4 rings (SSSR count). The smallest absolute Gasteiger partial charge is 0.279 e. The predicted octanol–water partition coefficient (Wildman–Crippen LogP) is 5.80. The van der Waals surface area contributed by atoms with Crippen molar-refractivity contribution in [2.75, 3.05) is 12.3 Å². The first-order valence-electron chi connectivity index (χ1n) is 13.5. The number of anilines is 1. The lowest BCUT2D eigenvalue weighted by molar-refractivity contribution is -0.122. The van der Waals surface area contributed by atoms with Gasteiger partial charge in [0.15, 0.2) is 5.65 Å². The highest BCUT2D eigenvalue weighted by atomic mass is 35.5. The van der Waals surface area contributed by atoms with Crippen molar-refractivity contribution >= 4 is 35.8 Å². The molecule has 14 heteroatoms. The number of benzene rings is 1. The van der Waals surface area contributed by atoms with Crippen LogP contribution in [0.25, 0.3) is 16.8 Å². The topological polar surface area (TPSA) is 114 Å². The number of nitrogen functional groups attached to an aromatic ring is 1. The van der Waals surface area contributed by atoms with E-state index in [-0.39, 0.29) is 39.8 Å². The van der Waals surface area contributed by atoms with E-state index >= 15 is 0 Å². The molecule has 0 saturated heterocycles. The van der Waals surface area contributed by atoms with Crippen molar-refractivity contribution in [3.8, 4) is 23.0 Å². The molecule has 4 aromatic rings. The van der Waals surface area contributed by atoms with Gasteiger partial charge in [0.25, 0.3) is 6.43 Å². The van der Waals surface area contributed by atoms with E-state index in [1.54, 1.807) is 24.3 Å². The Kier molecular flexibility index (Phi) is 9.78. The van der Waals surface area contributed by atoms with Crippen LogP contribution in [0.15, 0.2) is 59.8 Å². The summed E-state index contributed by atoms with van der Waals surface area (Å²) >= 11 is 6.35. The average Bonchev–Trinajstić information content (AvgIpc) is 3.35. The number of halogens is 5. The second kappa shape index (κ2) is 13.4. The van der Waals surface area contributed by atoms with Gasteiger partial charge in [0, 0.05) is 29.3 Å². The van der Waals surface area contributed by atoms with Gasteiger partial charge >= 0.3 is 0 Å². The van der Waals surface area contributed by atoms with Crippen LogP contribution in [0.5, 0.6) is 0 Å². The molecule has 0 fully saturated rings. The lowest BCUT2D eigenvalue weighted by Crippen LogP contribution is -2.38. The molecule has 45 heavy (non-hydrogen) atoms. The van der Waals surface area contributed by atoms with Crippen LogP contribution >= 0.6 is 11.6 Å². The lowest BCUT2D eigenvalue weighted by atomic mass is 9.94. The maximum Gasteiger partial charge on any atom is 0.279 e. The number of carbonyl (C=O) groups excluding carboxylic acids is 1. The van der Waals surface area contributed by atoms with Crippen molar-refractivity contribution in [2.24, 2.45) is 10.5 Å². The number of pyridine rings is 2. The van der Waals surface area contributed by atoms with Gasteiger partial charge in [-0.3, -0.25) is 14.2 Å². The summed E-state index contributed by atoms with van der Waals surface area (Å²) in [6.45, 7) is 11.6. The third-order valence-corrected chi connectivity index (χ3v) is 6.68. The van der Waals surface area contributed by atoms with Crippen molar-refractivity contribution in [2.45, 2.75) is 39.7 Å². The first kappa shape index (κ1) is 32.9. The number of allylic oxidation sites excluding steroid dienone is 1. The molecule has 234 valence electrons. The normalized spacial score (nSPS) is 12.0. The molecule has 0 bridgehead atoms. The van der Waals surface area contributed by atoms with Gasteiger partial charge in [0.1, 0.15) is 29.0 Å². The van der Waals surface area contributed by atoms with Crippen molar-refractivity contribution in [1.29, 1.82) is 0 Å². The molecule has 1 aromatic carbocycles. The van der Waals surface area contributed by atoms with E-state index < -0.39 is 42.3 Å². The summed E-state index contributed by atoms with van der Waals surface area (Å²) in [5.41, 5.74) is 6.79. The van der Waals surface area contributed by atoms with E-state index in [0.29, 0.717) is 27.9 Å². The Morgan fingerprint density at radius 1 is 1.13 bits per heavy atom. The monoisotopic (exact) mass is 640 g/mol. The Morgan fingerprint density at radius 2 is 1.80 bits per heavy atom. The van der Waals surface area contributed by atoms with Crippen LogP contribution in [0.3, 0.4) is 0 Å². The van der Waals surface area contributed by atoms with Crippen molar-refractivity contribution < 1.29 is 22.4 Å². The van der Waals surface area contributed by atoms with Crippen LogP contribution in [0.4, 0.5) is 23.5 Å². The minimum absolute atomic E-state index is 0.0235. The van der Waals surface area contributed by atoms with Crippen molar-refractivity contribution in [3.05, 3.63) is 88.5 Å². The Morgan fingerprint density at radius 3 is 2.42 bits per heavy atom. The first-order chi connectivity index (χ1) is 21.2. The molecular formula is C31H29ClF4N8O. The molecule has 0 aliphatic carbocycles. The molecule has 0 radical (unpaired) electrons. The Bertz CT molecular complexity index is 1820. The molecular weight excluding hydrogens is 612 g/mol. The van der Waals surface area contributed by atoms with Gasteiger partial charge in [-0.15, -0.1) is 10.2 Å². The van der Waals surface area contributed by atoms with E-state index in [1.165, 1.54) is 4.40 Å². The summed E-state index contributed by atoms with van der Waals surface area (Å²) in [6, 6.07) is 8.45. The second-order valence-electron chi connectivity index (χ2n) is 11.0. The zero-order valence-corrected chi connectivity index (χ0v) is 25.3.